The van der Waals surface area contributed by atoms with Crippen LogP contribution in [-0.4, -0.2) is 27.3 Å². The van der Waals surface area contributed by atoms with Gasteiger partial charge in [-0.2, -0.15) is 5.10 Å². The van der Waals surface area contributed by atoms with Crippen molar-refractivity contribution in [1.29, 1.82) is 0 Å². The van der Waals surface area contributed by atoms with E-state index in [-0.39, 0.29) is 11.5 Å². The third-order valence-corrected chi connectivity index (χ3v) is 4.88. The molecule has 0 unspecified atom stereocenters. The number of nitrogens with one attached hydrogen (secondary N) is 1. The average Bonchev–Trinajstić information content (AvgIpc) is 3.08. The monoisotopic (exact) mass is 406 g/mol. The molecular weight excluding hydrogens is 388 g/mol. The van der Waals surface area contributed by atoms with Crippen LogP contribution in [0.4, 0.5) is 5.69 Å². The second-order valence-electron chi connectivity index (χ2n) is 6.40. The van der Waals surface area contributed by atoms with Crippen molar-refractivity contribution in [2.75, 3.05) is 11.9 Å². The molecule has 0 bridgehead atoms. The van der Waals surface area contributed by atoms with Crippen molar-refractivity contribution in [2.45, 2.75) is 13.8 Å². The third kappa shape index (κ3) is 3.54. The molecule has 4 rings (SSSR count). The fourth-order valence-corrected chi connectivity index (χ4v) is 3.51. The number of aryl methyl sites for hydroxylation is 1. The summed E-state index contributed by atoms with van der Waals surface area (Å²) in [5.41, 5.74) is 3.03. The van der Waals surface area contributed by atoms with E-state index in [1.807, 2.05) is 56.3 Å². The summed E-state index contributed by atoms with van der Waals surface area (Å²) in [6, 6.07) is 16.9. The summed E-state index contributed by atoms with van der Waals surface area (Å²) in [5, 5.41) is 8.40. The fourth-order valence-electron chi connectivity index (χ4n) is 3.16. The molecule has 29 heavy (non-hydrogen) atoms. The lowest BCUT2D eigenvalue weighted by atomic mass is 10.2. The van der Waals surface area contributed by atoms with Crippen molar-refractivity contribution in [3.8, 4) is 11.4 Å². The first kappa shape index (κ1) is 19.0. The van der Waals surface area contributed by atoms with E-state index < -0.39 is 0 Å². The fraction of sp³-hybridized carbons (Fsp3) is 0.136. The van der Waals surface area contributed by atoms with Gasteiger partial charge in [-0.1, -0.05) is 41.9 Å². The maximum atomic E-state index is 12.9. The second kappa shape index (κ2) is 7.93. The first-order chi connectivity index (χ1) is 14.1. The summed E-state index contributed by atoms with van der Waals surface area (Å²) in [6.07, 6.45) is 1.48. The van der Waals surface area contributed by atoms with Crippen molar-refractivity contribution in [2.24, 2.45) is 0 Å². The third-order valence-electron chi connectivity index (χ3n) is 4.49. The number of carbonyl (C=O) groups excluding carboxylic acids is 1. The number of nitrogens with zero attached hydrogens (tertiary/aromatic N) is 3. The van der Waals surface area contributed by atoms with Crippen LogP contribution in [0.25, 0.3) is 16.7 Å². The van der Waals surface area contributed by atoms with E-state index in [2.05, 4.69) is 15.4 Å². The number of fused-ring (bicyclic) bond motifs is 1. The van der Waals surface area contributed by atoms with Gasteiger partial charge in [0.05, 0.1) is 39.6 Å². The highest BCUT2D eigenvalue weighted by molar-refractivity contribution is 6.39. The number of pyridine rings is 1. The van der Waals surface area contributed by atoms with Gasteiger partial charge in [-0.25, -0.2) is 9.67 Å². The average molecular weight is 407 g/mol. The molecular formula is C22H19ClN4O2. The highest BCUT2D eigenvalue weighted by atomic mass is 35.5. The normalized spacial score (nSPS) is 10.9. The Morgan fingerprint density at radius 1 is 1.14 bits per heavy atom. The molecule has 2 aromatic heterocycles. The first-order valence-electron chi connectivity index (χ1n) is 9.22. The number of ether oxygens (including phenoxy) is 1. The topological polar surface area (TPSA) is 69.0 Å². The number of amides is 1. The van der Waals surface area contributed by atoms with Crippen molar-refractivity contribution in [1.82, 2.24) is 14.8 Å². The molecule has 2 aromatic carbocycles. The first-order valence-corrected chi connectivity index (χ1v) is 9.60. The van der Waals surface area contributed by atoms with E-state index in [4.69, 9.17) is 16.3 Å². The predicted octanol–water partition coefficient (Wildman–Crippen LogP) is 5.03. The minimum Gasteiger partial charge on any atom is -0.492 e. The van der Waals surface area contributed by atoms with E-state index in [1.54, 1.807) is 16.8 Å². The SMILES string of the molecule is CCOc1ccccc1NC(=O)c1cnc2c(c(C)nn2-c2ccccc2)c1Cl. The molecule has 1 amide bonds. The Labute approximate surface area is 173 Å². The lowest BCUT2D eigenvalue weighted by molar-refractivity contribution is 0.102. The number of halogens is 1. The van der Waals surface area contributed by atoms with E-state index in [0.29, 0.717) is 39.8 Å². The number of rotatable bonds is 5. The summed E-state index contributed by atoms with van der Waals surface area (Å²) < 4.78 is 7.29. The van der Waals surface area contributed by atoms with Crippen molar-refractivity contribution in [3.63, 3.8) is 0 Å². The highest BCUT2D eigenvalue weighted by Gasteiger charge is 2.20. The minimum atomic E-state index is -0.358. The van der Waals surface area contributed by atoms with Crippen molar-refractivity contribution < 1.29 is 9.53 Å². The van der Waals surface area contributed by atoms with Crippen molar-refractivity contribution in [3.05, 3.63) is 77.1 Å². The molecule has 0 aliphatic rings. The molecule has 0 fully saturated rings. The Kier molecular flexibility index (Phi) is 5.18. The largest absolute Gasteiger partial charge is 0.492 e. The number of aromatic nitrogens is 3. The molecule has 0 saturated heterocycles. The number of hydrogen-bond donors (Lipinski definition) is 1. The maximum Gasteiger partial charge on any atom is 0.258 e. The van der Waals surface area contributed by atoms with Gasteiger partial charge in [0.1, 0.15) is 5.75 Å². The smallest absolute Gasteiger partial charge is 0.258 e. The van der Waals surface area contributed by atoms with Gasteiger partial charge in [0.25, 0.3) is 5.91 Å². The van der Waals surface area contributed by atoms with Gasteiger partial charge < -0.3 is 10.1 Å². The lowest BCUT2D eigenvalue weighted by Gasteiger charge is -2.12. The molecule has 0 aliphatic heterocycles. The van der Waals surface area contributed by atoms with Gasteiger partial charge in [-0.3, -0.25) is 4.79 Å². The second-order valence-corrected chi connectivity index (χ2v) is 6.78. The number of anilines is 1. The zero-order valence-electron chi connectivity index (χ0n) is 16.0. The molecule has 2 heterocycles. The summed E-state index contributed by atoms with van der Waals surface area (Å²) >= 11 is 6.62. The van der Waals surface area contributed by atoms with Crippen LogP contribution < -0.4 is 10.1 Å². The van der Waals surface area contributed by atoms with Gasteiger partial charge in [-0.05, 0) is 38.1 Å². The molecule has 0 atom stereocenters. The molecule has 7 heteroatoms. The van der Waals surface area contributed by atoms with Crippen LogP contribution >= 0.6 is 11.6 Å². The Balaban J connectivity index is 1.73. The quantitative estimate of drug-likeness (QED) is 0.504. The summed E-state index contributed by atoms with van der Waals surface area (Å²) in [4.78, 5) is 17.4. The number of para-hydroxylation sites is 3. The van der Waals surface area contributed by atoms with E-state index in [0.717, 1.165) is 5.69 Å². The molecule has 6 nitrogen and oxygen atoms in total. The Morgan fingerprint density at radius 2 is 1.86 bits per heavy atom. The van der Waals surface area contributed by atoms with Crippen LogP contribution in [-0.2, 0) is 0 Å². The van der Waals surface area contributed by atoms with Crippen LogP contribution in [0.2, 0.25) is 5.02 Å². The highest BCUT2D eigenvalue weighted by Crippen LogP contribution is 2.31. The molecule has 146 valence electrons. The predicted molar refractivity (Wildman–Crippen MR) is 114 cm³/mol. The maximum absolute atomic E-state index is 12.9. The van der Waals surface area contributed by atoms with Gasteiger partial charge in [0.15, 0.2) is 5.65 Å². The van der Waals surface area contributed by atoms with Gasteiger partial charge in [0.2, 0.25) is 0 Å². The molecule has 1 N–H and O–H groups in total. The van der Waals surface area contributed by atoms with E-state index in [1.165, 1.54) is 6.20 Å². The van der Waals surface area contributed by atoms with E-state index >= 15 is 0 Å². The van der Waals surface area contributed by atoms with Crippen LogP contribution in [0.15, 0.2) is 60.8 Å². The zero-order chi connectivity index (χ0) is 20.4. The number of carbonyl (C=O) groups is 1. The Morgan fingerprint density at radius 3 is 2.62 bits per heavy atom. The van der Waals surface area contributed by atoms with Crippen LogP contribution in [0, 0.1) is 6.92 Å². The van der Waals surface area contributed by atoms with Crippen molar-refractivity contribution >= 4 is 34.2 Å². The molecule has 0 aliphatic carbocycles. The molecule has 0 spiro atoms. The minimum absolute atomic E-state index is 0.279. The van der Waals surface area contributed by atoms with E-state index in [9.17, 15) is 4.79 Å². The molecule has 0 radical (unpaired) electrons. The number of benzene rings is 2. The standard InChI is InChI=1S/C22H19ClN4O2/c1-3-29-18-12-8-7-11-17(18)25-22(28)16-13-24-21-19(20(16)23)14(2)26-27(21)15-9-5-4-6-10-15/h4-13H,3H2,1-2H3,(H,25,28). The summed E-state index contributed by atoms with van der Waals surface area (Å²) in [6.45, 7) is 4.24. The van der Waals surface area contributed by atoms with Gasteiger partial charge in [0, 0.05) is 6.20 Å². The zero-order valence-corrected chi connectivity index (χ0v) is 16.8. The molecule has 4 aromatic rings. The van der Waals surface area contributed by atoms with Crippen LogP contribution in [0.1, 0.15) is 23.0 Å². The summed E-state index contributed by atoms with van der Waals surface area (Å²) in [5.74, 6) is 0.241. The van der Waals surface area contributed by atoms with Crippen LogP contribution in [0.3, 0.4) is 0 Å². The Hall–Kier alpha value is -3.38. The lowest BCUT2D eigenvalue weighted by Crippen LogP contribution is -2.14. The Bertz CT molecular complexity index is 1190. The number of hydrogen-bond acceptors (Lipinski definition) is 4. The summed E-state index contributed by atoms with van der Waals surface area (Å²) in [7, 11) is 0. The van der Waals surface area contributed by atoms with Gasteiger partial charge >= 0.3 is 0 Å². The van der Waals surface area contributed by atoms with Crippen LogP contribution in [0.5, 0.6) is 5.75 Å². The van der Waals surface area contributed by atoms with Gasteiger partial charge in [-0.15, -0.1) is 0 Å². The molecule has 0 saturated carbocycles.